The summed E-state index contributed by atoms with van der Waals surface area (Å²) in [5, 5.41) is 10.3. The van der Waals surface area contributed by atoms with Gasteiger partial charge in [-0.15, -0.1) is 0 Å². The summed E-state index contributed by atoms with van der Waals surface area (Å²) in [7, 11) is 0. The van der Waals surface area contributed by atoms with Crippen LogP contribution >= 0.6 is 0 Å². The molecule has 1 aromatic heterocycles. The number of aromatic carboxylic acids is 1. The van der Waals surface area contributed by atoms with Gasteiger partial charge in [0.25, 0.3) is 0 Å². The molecule has 1 heterocycles. The van der Waals surface area contributed by atoms with Gasteiger partial charge >= 0.3 is 5.97 Å². The standard InChI is InChI=1S/C19H17NO2/c1-11-8-13(3)18-15(9-11)16(19(21)22)10-17(20-18)14-7-5-4-6-12(14)2/h4-10H,1-3H3,(H,21,22). The molecule has 0 amide bonds. The van der Waals surface area contributed by atoms with Gasteiger partial charge in [0.05, 0.1) is 16.8 Å². The second-order valence-corrected chi connectivity index (χ2v) is 5.65. The average molecular weight is 291 g/mol. The molecule has 0 aliphatic heterocycles. The molecule has 0 unspecified atom stereocenters. The molecular weight excluding hydrogens is 274 g/mol. The Kier molecular flexibility index (Phi) is 3.41. The second kappa shape index (κ2) is 5.26. The first-order valence-electron chi connectivity index (χ1n) is 7.18. The molecule has 0 fully saturated rings. The van der Waals surface area contributed by atoms with E-state index in [4.69, 9.17) is 4.98 Å². The summed E-state index contributed by atoms with van der Waals surface area (Å²) in [5.74, 6) is -0.924. The molecule has 0 saturated carbocycles. The van der Waals surface area contributed by atoms with Crippen LogP contribution in [0.4, 0.5) is 0 Å². The highest BCUT2D eigenvalue weighted by Gasteiger charge is 2.15. The van der Waals surface area contributed by atoms with E-state index in [-0.39, 0.29) is 0 Å². The third kappa shape index (κ3) is 2.35. The Balaban J connectivity index is 2.40. The van der Waals surface area contributed by atoms with Gasteiger partial charge < -0.3 is 5.11 Å². The van der Waals surface area contributed by atoms with Crippen molar-refractivity contribution in [1.82, 2.24) is 4.98 Å². The van der Waals surface area contributed by atoms with E-state index in [9.17, 15) is 9.90 Å². The summed E-state index contributed by atoms with van der Waals surface area (Å²) in [6.07, 6.45) is 0. The lowest BCUT2D eigenvalue weighted by molar-refractivity contribution is 0.0699. The fourth-order valence-electron chi connectivity index (χ4n) is 2.86. The highest BCUT2D eigenvalue weighted by atomic mass is 16.4. The minimum Gasteiger partial charge on any atom is -0.478 e. The van der Waals surface area contributed by atoms with Crippen molar-refractivity contribution >= 4 is 16.9 Å². The third-order valence-corrected chi connectivity index (χ3v) is 3.90. The molecule has 3 aromatic rings. The molecule has 0 aliphatic rings. The molecular formula is C19H17NO2. The summed E-state index contributed by atoms with van der Waals surface area (Å²) in [4.78, 5) is 16.4. The summed E-state index contributed by atoms with van der Waals surface area (Å²) >= 11 is 0. The number of nitrogens with zero attached hydrogens (tertiary/aromatic N) is 1. The van der Waals surface area contributed by atoms with Gasteiger partial charge in [-0.3, -0.25) is 0 Å². The molecule has 0 atom stereocenters. The number of aryl methyl sites for hydroxylation is 3. The van der Waals surface area contributed by atoms with Crippen molar-refractivity contribution in [1.29, 1.82) is 0 Å². The summed E-state index contributed by atoms with van der Waals surface area (Å²) in [6, 6.07) is 13.5. The first-order chi connectivity index (χ1) is 10.5. The van der Waals surface area contributed by atoms with E-state index in [0.717, 1.165) is 27.8 Å². The average Bonchev–Trinajstić information content (AvgIpc) is 2.46. The number of hydrogen-bond acceptors (Lipinski definition) is 2. The zero-order valence-corrected chi connectivity index (χ0v) is 12.8. The number of benzene rings is 2. The summed E-state index contributed by atoms with van der Waals surface area (Å²) < 4.78 is 0. The number of pyridine rings is 1. The van der Waals surface area contributed by atoms with Crippen molar-refractivity contribution in [3.63, 3.8) is 0 Å². The van der Waals surface area contributed by atoms with Gasteiger partial charge in [-0.1, -0.05) is 35.9 Å². The monoisotopic (exact) mass is 291 g/mol. The molecule has 0 spiro atoms. The van der Waals surface area contributed by atoms with Crippen LogP contribution in [0, 0.1) is 20.8 Å². The Bertz CT molecular complexity index is 897. The van der Waals surface area contributed by atoms with Crippen LogP contribution in [0.25, 0.3) is 22.2 Å². The van der Waals surface area contributed by atoms with Gasteiger partial charge in [0.15, 0.2) is 0 Å². The van der Waals surface area contributed by atoms with E-state index in [1.807, 2.05) is 57.2 Å². The Labute approximate surface area is 129 Å². The number of carbonyl (C=O) groups is 1. The smallest absolute Gasteiger partial charge is 0.336 e. The number of fused-ring (bicyclic) bond motifs is 1. The normalized spacial score (nSPS) is 10.9. The lowest BCUT2D eigenvalue weighted by Gasteiger charge is -2.11. The van der Waals surface area contributed by atoms with Crippen LogP contribution in [-0.4, -0.2) is 16.1 Å². The van der Waals surface area contributed by atoms with E-state index < -0.39 is 5.97 Å². The van der Waals surface area contributed by atoms with Crippen molar-refractivity contribution in [3.8, 4) is 11.3 Å². The largest absolute Gasteiger partial charge is 0.478 e. The third-order valence-electron chi connectivity index (χ3n) is 3.90. The maximum atomic E-state index is 11.7. The molecule has 0 bridgehead atoms. The second-order valence-electron chi connectivity index (χ2n) is 5.65. The van der Waals surface area contributed by atoms with E-state index in [1.165, 1.54) is 0 Å². The van der Waals surface area contributed by atoms with Gasteiger partial charge in [-0.2, -0.15) is 0 Å². The number of rotatable bonds is 2. The SMILES string of the molecule is Cc1cc(C)c2nc(-c3ccccc3C)cc(C(=O)O)c2c1. The van der Waals surface area contributed by atoms with E-state index in [1.54, 1.807) is 6.07 Å². The Morgan fingerprint density at radius 1 is 1.00 bits per heavy atom. The Hall–Kier alpha value is -2.68. The van der Waals surface area contributed by atoms with Gasteiger partial charge in [0, 0.05) is 10.9 Å². The summed E-state index contributed by atoms with van der Waals surface area (Å²) in [5.41, 5.74) is 5.84. The highest BCUT2D eigenvalue weighted by molar-refractivity contribution is 6.04. The minimum atomic E-state index is -0.924. The van der Waals surface area contributed by atoms with Crippen molar-refractivity contribution in [2.75, 3.05) is 0 Å². The fraction of sp³-hybridized carbons (Fsp3) is 0.158. The minimum absolute atomic E-state index is 0.301. The number of hydrogen-bond donors (Lipinski definition) is 1. The maximum absolute atomic E-state index is 11.7. The van der Waals surface area contributed by atoms with Gasteiger partial charge in [-0.25, -0.2) is 9.78 Å². The Morgan fingerprint density at radius 3 is 2.41 bits per heavy atom. The molecule has 0 radical (unpaired) electrons. The number of aromatic nitrogens is 1. The highest BCUT2D eigenvalue weighted by Crippen LogP contribution is 2.29. The maximum Gasteiger partial charge on any atom is 0.336 e. The lowest BCUT2D eigenvalue weighted by Crippen LogP contribution is -2.02. The summed E-state index contributed by atoms with van der Waals surface area (Å²) in [6.45, 7) is 5.94. The van der Waals surface area contributed by atoms with E-state index >= 15 is 0 Å². The van der Waals surface area contributed by atoms with Crippen molar-refractivity contribution in [3.05, 3.63) is 64.7 Å². The van der Waals surface area contributed by atoms with Crippen LogP contribution in [0.2, 0.25) is 0 Å². The van der Waals surface area contributed by atoms with E-state index in [0.29, 0.717) is 16.6 Å². The topological polar surface area (TPSA) is 50.2 Å². The molecule has 0 saturated heterocycles. The first-order valence-corrected chi connectivity index (χ1v) is 7.18. The predicted octanol–water partition coefficient (Wildman–Crippen LogP) is 4.53. The molecule has 3 heteroatoms. The molecule has 22 heavy (non-hydrogen) atoms. The van der Waals surface area contributed by atoms with Crippen molar-refractivity contribution in [2.24, 2.45) is 0 Å². The zero-order valence-electron chi connectivity index (χ0n) is 12.8. The molecule has 3 rings (SSSR count). The zero-order chi connectivity index (χ0) is 15.9. The first kappa shape index (κ1) is 14.3. The Morgan fingerprint density at radius 2 is 1.73 bits per heavy atom. The molecule has 110 valence electrons. The number of carboxylic acid groups (broad SMARTS) is 1. The van der Waals surface area contributed by atoms with Gasteiger partial charge in [0.2, 0.25) is 0 Å². The predicted molar refractivity (Wildman–Crippen MR) is 88.3 cm³/mol. The van der Waals surface area contributed by atoms with Crippen molar-refractivity contribution < 1.29 is 9.90 Å². The van der Waals surface area contributed by atoms with Crippen LogP contribution in [-0.2, 0) is 0 Å². The lowest BCUT2D eigenvalue weighted by atomic mass is 9.98. The van der Waals surface area contributed by atoms with Crippen LogP contribution in [0.1, 0.15) is 27.0 Å². The van der Waals surface area contributed by atoms with Crippen LogP contribution in [0.15, 0.2) is 42.5 Å². The number of carboxylic acids is 1. The van der Waals surface area contributed by atoms with Gasteiger partial charge in [-0.05, 0) is 44.0 Å². The molecule has 2 aromatic carbocycles. The van der Waals surface area contributed by atoms with Crippen LogP contribution < -0.4 is 0 Å². The molecule has 3 nitrogen and oxygen atoms in total. The van der Waals surface area contributed by atoms with Gasteiger partial charge in [0.1, 0.15) is 0 Å². The molecule has 1 N–H and O–H groups in total. The van der Waals surface area contributed by atoms with Crippen LogP contribution in [0.3, 0.4) is 0 Å². The van der Waals surface area contributed by atoms with Crippen molar-refractivity contribution in [2.45, 2.75) is 20.8 Å². The van der Waals surface area contributed by atoms with E-state index in [2.05, 4.69) is 0 Å². The van der Waals surface area contributed by atoms with Crippen LogP contribution in [0.5, 0.6) is 0 Å². The quantitative estimate of drug-likeness (QED) is 0.755. The fourth-order valence-corrected chi connectivity index (χ4v) is 2.86. The molecule has 0 aliphatic carbocycles.